The molecule has 1 atom stereocenters. The fraction of sp³-hybridized carbons (Fsp3) is 0.615. The van der Waals surface area contributed by atoms with Crippen LogP contribution < -0.4 is 5.32 Å². The zero-order valence-corrected chi connectivity index (χ0v) is 11.3. The van der Waals surface area contributed by atoms with Crippen molar-refractivity contribution in [3.63, 3.8) is 0 Å². The molecule has 1 heterocycles. The summed E-state index contributed by atoms with van der Waals surface area (Å²) in [6, 6.07) is 4.15. The van der Waals surface area contributed by atoms with Crippen LogP contribution in [0.1, 0.15) is 39.7 Å². The van der Waals surface area contributed by atoms with Gasteiger partial charge in [-0.25, -0.2) is 4.98 Å². The highest BCUT2D eigenvalue weighted by Gasteiger charge is 2.13. The normalized spacial score (nSPS) is 13.6. The van der Waals surface area contributed by atoms with Crippen molar-refractivity contribution < 1.29 is 0 Å². The highest BCUT2D eigenvalue weighted by Crippen LogP contribution is 2.21. The first-order valence-electron chi connectivity index (χ1n) is 5.74. The molecule has 0 aliphatic rings. The average Bonchev–Trinajstić information content (AvgIpc) is 2.16. The Morgan fingerprint density at radius 2 is 2.06 bits per heavy atom. The van der Waals surface area contributed by atoms with Crippen LogP contribution in [-0.2, 0) is 5.41 Å². The van der Waals surface area contributed by atoms with Gasteiger partial charge in [-0.05, 0) is 30.4 Å². The van der Waals surface area contributed by atoms with E-state index in [0.717, 1.165) is 18.8 Å². The van der Waals surface area contributed by atoms with Gasteiger partial charge in [0, 0.05) is 18.1 Å². The molecule has 0 saturated carbocycles. The maximum atomic E-state index is 5.87. The lowest BCUT2D eigenvalue weighted by Crippen LogP contribution is -2.12. The van der Waals surface area contributed by atoms with Crippen molar-refractivity contribution in [3.8, 4) is 0 Å². The van der Waals surface area contributed by atoms with Crippen molar-refractivity contribution in [1.82, 2.24) is 4.98 Å². The van der Waals surface area contributed by atoms with Gasteiger partial charge in [0.15, 0.2) is 0 Å². The molecular formula is C13H21ClN2. The first kappa shape index (κ1) is 13.3. The monoisotopic (exact) mass is 240 g/mol. The van der Waals surface area contributed by atoms with Crippen molar-refractivity contribution >= 4 is 17.4 Å². The molecular weight excluding hydrogens is 220 g/mol. The Hall–Kier alpha value is -0.760. The number of anilines is 1. The lowest BCUT2D eigenvalue weighted by Gasteiger charge is -2.18. The van der Waals surface area contributed by atoms with E-state index in [9.17, 15) is 0 Å². The molecule has 0 amide bonds. The van der Waals surface area contributed by atoms with Crippen LogP contribution in [0.3, 0.4) is 0 Å². The molecule has 0 aromatic carbocycles. The topological polar surface area (TPSA) is 24.9 Å². The van der Waals surface area contributed by atoms with Crippen LogP contribution in [0.15, 0.2) is 18.3 Å². The summed E-state index contributed by atoms with van der Waals surface area (Å²) in [6.45, 7) is 9.43. The lowest BCUT2D eigenvalue weighted by atomic mass is 9.88. The number of nitrogens with zero attached hydrogens (tertiary/aromatic N) is 1. The minimum atomic E-state index is 0.163. The standard InChI is InChI=1S/C13H21ClN2/c1-10(14)7-8-15-12-6-5-11(9-16-12)13(2,3)4/h5-6,9-10H,7-8H2,1-4H3,(H,15,16). The molecule has 0 fully saturated rings. The fourth-order valence-electron chi connectivity index (χ4n) is 1.34. The van der Waals surface area contributed by atoms with Gasteiger partial charge >= 0.3 is 0 Å². The number of alkyl halides is 1. The van der Waals surface area contributed by atoms with Crippen LogP contribution >= 0.6 is 11.6 Å². The van der Waals surface area contributed by atoms with E-state index in [2.05, 4.69) is 37.1 Å². The van der Waals surface area contributed by atoms with Crippen LogP contribution in [0.5, 0.6) is 0 Å². The largest absolute Gasteiger partial charge is 0.370 e. The molecule has 16 heavy (non-hydrogen) atoms. The first-order valence-corrected chi connectivity index (χ1v) is 6.17. The number of aromatic nitrogens is 1. The molecule has 1 unspecified atom stereocenters. The van der Waals surface area contributed by atoms with Gasteiger partial charge in [-0.3, -0.25) is 0 Å². The van der Waals surface area contributed by atoms with Gasteiger partial charge in [0.25, 0.3) is 0 Å². The Morgan fingerprint density at radius 3 is 2.50 bits per heavy atom. The Kier molecular flexibility index (Phi) is 4.60. The first-order chi connectivity index (χ1) is 7.39. The third-order valence-corrected chi connectivity index (χ3v) is 2.70. The molecule has 1 aromatic rings. The average molecular weight is 241 g/mol. The van der Waals surface area contributed by atoms with Crippen molar-refractivity contribution in [3.05, 3.63) is 23.9 Å². The Labute approximate surface area is 103 Å². The van der Waals surface area contributed by atoms with Gasteiger partial charge in [0.05, 0.1) is 0 Å². The fourth-order valence-corrected chi connectivity index (χ4v) is 1.45. The van der Waals surface area contributed by atoms with Gasteiger partial charge in [-0.15, -0.1) is 11.6 Å². The molecule has 1 rings (SSSR count). The van der Waals surface area contributed by atoms with Crippen molar-refractivity contribution in [2.45, 2.75) is 44.9 Å². The number of halogens is 1. The van der Waals surface area contributed by atoms with Crippen LogP contribution in [-0.4, -0.2) is 16.9 Å². The van der Waals surface area contributed by atoms with Gasteiger partial charge in [0.1, 0.15) is 5.82 Å². The third kappa shape index (κ3) is 4.40. The minimum Gasteiger partial charge on any atom is -0.370 e. The Bertz CT molecular complexity index is 312. The summed E-state index contributed by atoms with van der Waals surface area (Å²) in [5.41, 5.74) is 1.42. The van der Waals surface area contributed by atoms with Gasteiger partial charge in [-0.1, -0.05) is 26.8 Å². The zero-order chi connectivity index (χ0) is 12.2. The van der Waals surface area contributed by atoms with Crippen molar-refractivity contribution in [2.24, 2.45) is 0 Å². The number of hydrogen-bond donors (Lipinski definition) is 1. The van der Waals surface area contributed by atoms with Crippen molar-refractivity contribution in [2.75, 3.05) is 11.9 Å². The molecule has 0 aliphatic heterocycles. The quantitative estimate of drug-likeness (QED) is 0.810. The smallest absolute Gasteiger partial charge is 0.125 e. The van der Waals surface area contributed by atoms with Crippen LogP contribution in [0, 0.1) is 0 Å². The maximum absolute atomic E-state index is 5.87. The van der Waals surface area contributed by atoms with E-state index in [1.807, 2.05) is 19.2 Å². The summed E-state index contributed by atoms with van der Waals surface area (Å²) >= 11 is 5.87. The van der Waals surface area contributed by atoms with E-state index in [-0.39, 0.29) is 10.8 Å². The van der Waals surface area contributed by atoms with Gasteiger partial charge < -0.3 is 5.32 Å². The number of pyridine rings is 1. The molecule has 3 heteroatoms. The Balaban J connectivity index is 2.52. The molecule has 0 bridgehead atoms. The number of nitrogens with one attached hydrogen (secondary N) is 1. The maximum Gasteiger partial charge on any atom is 0.125 e. The van der Waals surface area contributed by atoms with Crippen LogP contribution in [0.2, 0.25) is 0 Å². The summed E-state index contributed by atoms with van der Waals surface area (Å²) in [6.07, 6.45) is 2.89. The molecule has 0 aliphatic carbocycles. The van der Waals surface area contributed by atoms with Gasteiger partial charge in [-0.2, -0.15) is 0 Å². The predicted octanol–water partition coefficient (Wildman–Crippen LogP) is 3.81. The molecule has 0 spiro atoms. The molecule has 1 aromatic heterocycles. The van der Waals surface area contributed by atoms with E-state index < -0.39 is 0 Å². The van der Waals surface area contributed by atoms with Crippen molar-refractivity contribution in [1.29, 1.82) is 0 Å². The van der Waals surface area contributed by atoms with E-state index in [1.54, 1.807) is 0 Å². The lowest BCUT2D eigenvalue weighted by molar-refractivity contribution is 0.587. The summed E-state index contributed by atoms with van der Waals surface area (Å²) in [5.74, 6) is 0.922. The predicted molar refractivity (Wildman–Crippen MR) is 71.4 cm³/mol. The minimum absolute atomic E-state index is 0.163. The Morgan fingerprint density at radius 1 is 1.38 bits per heavy atom. The third-order valence-electron chi connectivity index (χ3n) is 2.48. The number of hydrogen-bond acceptors (Lipinski definition) is 2. The molecule has 0 saturated heterocycles. The highest BCUT2D eigenvalue weighted by atomic mass is 35.5. The number of rotatable bonds is 4. The van der Waals surface area contributed by atoms with Crippen LogP contribution in [0.4, 0.5) is 5.82 Å². The second kappa shape index (κ2) is 5.53. The molecule has 1 N–H and O–H groups in total. The summed E-state index contributed by atoms with van der Waals surface area (Å²) in [7, 11) is 0. The molecule has 90 valence electrons. The van der Waals surface area contributed by atoms with Crippen LogP contribution in [0.25, 0.3) is 0 Å². The second-order valence-electron chi connectivity index (χ2n) is 5.18. The second-order valence-corrected chi connectivity index (χ2v) is 5.92. The van der Waals surface area contributed by atoms with E-state index in [4.69, 9.17) is 11.6 Å². The molecule has 2 nitrogen and oxygen atoms in total. The SMILES string of the molecule is CC(Cl)CCNc1ccc(C(C)(C)C)cn1. The summed E-state index contributed by atoms with van der Waals surface area (Å²) in [5, 5.41) is 3.47. The van der Waals surface area contributed by atoms with E-state index in [0.29, 0.717) is 0 Å². The summed E-state index contributed by atoms with van der Waals surface area (Å²) < 4.78 is 0. The van der Waals surface area contributed by atoms with E-state index in [1.165, 1.54) is 5.56 Å². The highest BCUT2D eigenvalue weighted by molar-refractivity contribution is 6.20. The summed E-state index contributed by atoms with van der Waals surface area (Å²) in [4.78, 5) is 4.39. The van der Waals surface area contributed by atoms with E-state index >= 15 is 0 Å². The zero-order valence-electron chi connectivity index (χ0n) is 10.5. The van der Waals surface area contributed by atoms with Gasteiger partial charge in [0.2, 0.25) is 0 Å². The molecule has 0 radical (unpaired) electrons.